The minimum atomic E-state index is 0.330. The van der Waals surface area contributed by atoms with Crippen molar-refractivity contribution in [2.45, 2.75) is 31.7 Å². The first-order valence-electron chi connectivity index (χ1n) is 9.24. The number of likely N-dealkylation sites (tertiary alicyclic amines) is 1. The van der Waals surface area contributed by atoms with Crippen LogP contribution in [0.4, 0.5) is 5.69 Å². The number of aliphatic hydroxyl groups is 1. The van der Waals surface area contributed by atoms with Crippen molar-refractivity contribution in [2.75, 3.05) is 57.3 Å². The first kappa shape index (κ1) is 16.7. The van der Waals surface area contributed by atoms with E-state index in [0.717, 1.165) is 39.1 Å². The maximum atomic E-state index is 9.25. The molecule has 1 atom stereocenters. The van der Waals surface area contributed by atoms with E-state index in [-0.39, 0.29) is 0 Å². The standard InChI is InChI=1S/C19H31N3O/c23-17-9-19-8-4-5-10-21(19)14-11-20-12-15-22(16-13-20)18-6-2-1-3-7-18/h1-3,6-7,19,23H,4-5,8-17H2/t19-/m0/s1. The first-order chi connectivity index (χ1) is 11.4. The van der Waals surface area contributed by atoms with E-state index < -0.39 is 0 Å². The molecule has 4 heteroatoms. The molecule has 128 valence electrons. The molecule has 2 heterocycles. The number of anilines is 1. The molecule has 0 aromatic heterocycles. The van der Waals surface area contributed by atoms with Gasteiger partial charge in [0.15, 0.2) is 0 Å². The zero-order chi connectivity index (χ0) is 15.9. The summed E-state index contributed by atoms with van der Waals surface area (Å²) in [5.41, 5.74) is 1.35. The summed E-state index contributed by atoms with van der Waals surface area (Å²) in [6.45, 7) is 8.46. The summed E-state index contributed by atoms with van der Waals surface area (Å²) in [6, 6.07) is 11.4. The van der Waals surface area contributed by atoms with Crippen molar-refractivity contribution in [1.82, 2.24) is 9.80 Å². The fraction of sp³-hybridized carbons (Fsp3) is 0.684. The largest absolute Gasteiger partial charge is 0.396 e. The van der Waals surface area contributed by atoms with E-state index in [1.54, 1.807) is 0 Å². The normalized spacial score (nSPS) is 24.0. The van der Waals surface area contributed by atoms with Crippen LogP contribution >= 0.6 is 0 Å². The Labute approximate surface area is 140 Å². The minimum absolute atomic E-state index is 0.330. The van der Waals surface area contributed by atoms with Crippen molar-refractivity contribution >= 4 is 5.69 Å². The van der Waals surface area contributed by atoms with Crippen molar-refractivity contribution in [3.8, 4) is 0 Å². The monoisotopic (exact) mass is 317 g/mol. The summed E-state index contributed by atoms with van der Waals surface area (Å²) in [4.78, 5) is 7.71. The molecule has 1 aromatic carbocycles. The molecule has 3 rings (SSSR count). The van der Waals surface area contributed by atoms with E-state index in [4.69, 9.17) is 0 Å². The van der Waals surface area contributed by atoms with Gasteiger partial charge in [0, 0.05) is 57.6 Å². The zero-order valence-corrected chi connectivity index (χ0v) is 14.2. The van der Waals surface area contributed by atoms with Gasteiger partial charge >= 0.3 is 0 Å². The van der Waals surface area contributed by atoms with Gasteiger partial charge in [0.1, 0.15) is 0 Å². The number of hydrogen-bond donors (Lipinski definition) is 1. The van der Waals surface area contributed by atoms with Crippen LogP contribution in [0.2, 0.25) is 0 Å². The van der Waals surface area contributed by atoms with Crippen LogP contribution < -0.4 is 4.90 Å². The van der Waals surface area contributed by atoms with Crippen LogP contribution in [-0.2, 0) is 0 Å². The molecular weight excluding hydrogens is 286 g/mol. The number of para-hydroxylation sites is 1. The Morgan fingerprint density at radius 2 is 1.70 bits per heavy atom. The molecule has 2 fully saturated rings. The Balaban J connectivity index is 1.42. The number of aliphatic hydroxyl groups excluding tert-OH is 1. The lowest BCUT2D eigenvalue weighted by Gasteiger charge is -2.39. The number of hydrogen-bond acceptors (Lipinski definition) is 4. The number of benzene rings is 1. The zero-order valence-electron chi connectivity index (χ0n) is 14.2. The van der Waals surface area contributed by atoms with E-state index in [1.807, 2.05) is 0 Å². The lowest BCUT2D eigenvalue weighted by atomic mass is 10.00. The molecule has 1 N–H and O–H groups in total. The summed E-state index contributed by atoms with van der Waals surface area (Å²) >= 11 is 0. The summed E-state index contributed by atoms with van der Waals surface area (Å²) in [5.74, 6) is 0. The third-order valence-corrected chi connectivity index (χ3v) is 5.41. The van der Waals surface area contributed by atoms with Crippen molar-refractivity contribution in [1.29, 1.82) is 0 Å². The fourth-order valence-electron chi connectivity index (χ4n) is 3.97. The molecule has 0 amide bonds. The van der Waals surface area contributed by atoms with Gasteiger partial charge < -0.3 is 10.0 Å². The molecule has 2 aliphatic heterocycles. The third kappa shape index (κ3) is 4.69. The van der Waals surface area contributed by atoms with Gasteiger partial charge in [-0.05, 0) is 37.9 Å². The van der Waals surface area contributed by atoms with Crippen molar-refractivity contribution in [2.24, 2.45) is 0 Å². The van der Waals surface area contributed by atoms with E-state index in [9.17, 15) is 5.11 Å². The van der Waals surface area contributed by atoms with E-state index in [2.05, 4.69) is 45.0 Å². The van der Waals surface area contributed by atoms with Crippen LogP contribution in [0.15, 0.2) is 30.3 Å². The molecule has 0 spiro atoms. The number of nitrogens with zero attached hydrogens (tertiary/aromatic N) is 3. The Hall–Kier alpha value is -1.10. The molecule has 0 saturated carbocycles. The lowest BCUT2D eigenvalue weighted by Crippen LogP contribution is -2.50. The second-order valence-corrected chi connectivity index (χ2v) is 6.86. The Morgan fingerprint density at radius 1 is 0.913 bits per heavy atom. The fourth-order valence-corrected chi connectivity index (χ4v) is 3.97. The summed E-state index contributed by atoms with van der Waals surface area (Å²) in [7, 11) is 0. The third-order valence-electron chi connectivity index (χ3n) is 5.41. The highest BCUT2D eigenvalue weighted by Crippen LogP contribution is 2.20. The van der Waals surface area contributed by atoms with E-state index >= 15 is 0 Å². The molecule has 23 heavy (non-hydrogen) atoms. The minimum Gasteiger partial charge on any atom is -0.396 e. The van der Waals surface area contributed by atoms with Gasteiger partial charge in [-0.15, -0.1) is 0 Å². The van der Waals surface area contributed by atoms with Gasteiger partial charge in [0.2, 0.25) is 0 Å². The van der Waals surface area contributed by atoms with Gasteiger partial charge in [-0.2, -0.15) is 0 Å². The molecule has 0 bridgehead atoms. The number of rotatable bonds is 6. The molecular formula is C19H31N3O. The average molecular weight is 317 g/mol. The highest BCUT2D eigenvalue weighted by Gasteiger charge is 2.23. The van der Waals surface area contributed by atoms with Gasteiger partial charge in [-0.25, -0.2) is 0 Å². The topological polar surface area (TPSA) is 30.0 Å². The highest BCUT2D eigenvalue weighted by molar-refractivity contribution is 5.46. The van der Waals surface area contributed by atoms with Crippen LogP contribution in [0, 0.1) is 0 Å². The smallest absolute Gasteiger partial charge is 0.0445 e. The van der Waals surface area contributed by atoms with Gasteiger partial charge in [-0.3, -0.25) is 9.80 Å². The van der Waals surface area contributed by atoms with Crippen LogP contribution in [0.25, 0.3) is 0 Å². The van der Waals surface area contributed by atoms with Gasteiger partial charge in [-0.1, -0.05) is 24.6 Å². The molecule has 2 saturated heterocycles. The van der Waals surface area contributed by atoms with E-state index in [1.165, 1.54) is 38.0 Å². The Bertz CT molecular complexity index is 443. The van der Waals surface area contributed by atoms with Gasteiger partial charge in [0.25, 0.3) is 0 Å². The quantitative estimate of drug-likeness (QED) is 0.870. The van der Waals surface area contributed by atoms with Crippen molar-refractivity contribution < 1.29 is 5.11 Å². The highest BCUT2D eigenvalue weighted by atomic mass is 16.3. The number of piperazine rings is 1. The summed E-state index contributed by atoms with van der Waals surface area (Å²) < 4.78 is 0. The predicted octanol–water partition coefficient (Wildman–Crippen LogP) is 2.05. The second-order valence-electron chi connectivity index (χ2n) is 6.86. The molecule has 1 aromatic rings. The van der Waals surface area contributed by atoms with E-state index in [0.29, 0.717) is 12.6 Å². The van der Waals surface area contributed by atoms with Crippen LogP contribution in [0.5, 0.6) is 0 Å². The summed E-state index contributed by atoms with van der Waals surface area (Å²) in [6.07, 6.45) is 4.87. The second kappa shape index (κ2) is 8.67. The van der Waals surface area contributed by atoms with Crippen LogP contribution in [0.1, 0.15) is 25.7 Å². The maximum absolute atomic E-state index is 9.25. The molecule has 0 radical (unpaired) electrons. The van der Waals surface area contributed by atoms with Crippen molar-refractivity contribution in [3.05, 3.63) is 30.3 Å². The molecule has 0 aliphatic carbocycles. The molecule has 2 aliphatic rings. The summed E-state index contributed by atoms with van der Waals surface area (Å²) in [5, 5.41) is 9.25. The lowest BCUT2D eigenvalue weighted by molar-refractivity contribution is 0.102. The average Bonchev–Trinajstić information content (AvgIpc) is 2.62. The van der Waals surface area contributed by atoms with Crippen LogP contribution in [-0.4, -0.2) is 73.4 Å². The van der Waals surface area contributed by atoms with Crippen molar-refractivity contribution in [3.63, 3.8) is 0 Å². The maximum Gasteiger partial charge on any atom is 0.0445 e. The Kier molecular flexibility index (Phi) is 6.31. The Morgan fingerprint density at radius 3 is 2.43 bits per heavy atom. The first-order valence-corrected chi connectivity index (χ1v) is 9.24. The number of piperidine rings is 1. The van der Waals surface area contributed by atoms with Crippen LogP contribution in [0.3, 0.4) is 0 Å². The SMILES string of the molecule is OCC[C@@H]1CCCCN1CCN1CCN(c2ccccc2)CC1. The van der Waals surface area contributed by atoms with Gasteiger partial charge in [0.05, 0.1) is 0 Å². The molecule has 4 nitrogen and oxygen atoms in total. The molecule has 0 unspecified atom stereocenters. The predicted molar refractivity (Wildman–Crippen MR) is 96.0 cm³/mol.